The molecule has 0 unspecified atom stereocenters. The largest absolute Gasteiger partial charge is 0.466 e. The molecule has 0 spiro atoms. The van der Waals surface area contributed by atoms with Crippen molar-refractivity contribution in [1.82, 2.24) is 10.2 Å². The predicted molar refractivity (Wildman–Crippen MR) is 63.6 cm³/mol. The average molecular weight is 235 g/mol. The fraction of sp³-hybridized carbons (Fsp3) is 0.500. The van der Waals surface area contributed by atoms with Crippen molar-refractivity contribution in [3.63, 3.8) is 0 Å². The lowest BCUT2D eigenvalue weighted by atomic mass is 10.1. The quantitative estimate of drug-likeness (QED) is 0.878. The first kappa shape index (κ1) is 11.9. The van der Waals surface area contributed by atoms with Crippen molar-refractivity contribution in [2.45, 2.75) is 33.6 Å². The van der Waals surface area contributed by atoms with Crippen LogP contribution in [0.1, 0.15) is 29.4 Å². The van der Waals surface area contributed by atoms with Crippen LogP contribution in [0.2, 0.25) is 0 Å². The number of aromatic nitrogens is 2. The van der Waals surface area contributed by atoms with Gasteiger partial charge in [-0.15, -0.1) is 10.2 Å². The fourth-order valence-electron chi connectivity index (χ4n) is 1.82. The number of nitrogens with two attached hydrogens (primary N) is 1. The predicted octanol–water partition coefficient (Wildman–Crippen LogP) is 2.15. The van der Waals surface area contributed by atoms with E-state index in [1.165, 1.54) is 0 Å². The van der Waals surface area contributed by atoms with Crippen LogP contribution < -0.4 is 5.73 Å². The highest BCUT2D eigenvalue weighted by atomic mass is 16.4. The van der Waals surface area contributed by atoms with Gasteiger partial charge < -0.3 is 14.6 Å². The zero-order chi connectivity index (χ0) is 12.4. The molecule has 0 bridgehead atoms. The van der Waals surface area contributed by atoms with E-state index in [0.717, 1.165) is 35.5 Å². The van der Waals surface area contributed by atoms with Crippen LogP contribution in [0.15, 0.2) is 8.83 Å². The summed E-state index contributed by atoms with van der Waals surface area (Å²) in [6, 6.07) is 0. The molecule has 0 aliphatic carbocycles. The minimum atomic E-state index is 0.531. The minimum Gasteiger partial charge on any atom is -0.466 e. The topological polar surface area (TPSA) is 78.1 Å². The zero-order valence-electron chi connectivity index (χ0n) is 10.4. The number of hydrogen-bond acceptors (Lipinski definition) is 5. The molecule has 2 aromatic rings. The second kappa shape index (κ2) is 4.71. The van der Waals surface area contributed by atoms with Gasteiger partial charge in [0.25, 0.3) is 5.89 Å². The Labute approximate surface area is 100 Å². The Morgan fingerprint density at radius 2 is 1.82 bits per heavy atom. The minimum absolute atomic E-state index is 0.531. The number of aryl methyl sites for hydroxylation is 3. The van der Waals surface area contributed by atoms with E-state index in [1.54, 1.807) is 0 Å². The molecule has 0 aliphatic rings. The lowest BCUT2D eigenvalue weighted by molar-refractivity contribution is 0.489. The molecule has 0 fully saturated rings. The Bertz CT molecular complexity index is 514. The summed E-state index contributed by atoms with van der Waals surface area (Å²) in [6.07, 6.45) is 1.57. The molecule has 0 atom stereocenters. The highest BCUT2D eigenvalue weighted by Crippen LogP contribution is 2.30. The van der Waals surface area contributed by atoms with Gasteiger partial charge in [0.2, 0.25) is 5.89 Å². The van der Waals surface area contributed by atoms with Crippen LogP contribution in [-0.2, 0) is 6.42 Å². The first-order valence-electron chi connectivity index (χ1n) is 5.73. The van der Waals surface area contributed by atoms with Crippen LogP contribution in [0, 0.1) is 20.8 Å². The van der Waals surface area contributed by atoms with Gasteiger partial charge in [-0.05, 0) is 33.7 Å². The Kier molecular flexibility index (Phi) is 3.28. The van der Waals surface area contributed by atoms with Crippen LogP contribution in [0.25, 0.3) is 11.5 Å². The van der Waals surface area contributed by atoms with E-state index in [2.05, 4.69) is 10.2 Å². The first-order chi connectivity index (χ1) is 8.13. The molecule has 2 N–H and O–H groups in total. The van der Waals surface area contributed by atoms with E-state index in [1.807, 2.05) is 20.8 Å². The molecule has 17 heavy (non-hydrogen) atoms. The molecule has 5 nitrogen and oxygen atoms in total. The third kappa shape index (κ3) is 2.24. The molecule has 0 amide bonds. The van der Waals surface area contributed by atoms with E-state index in [-0.39, 0.29) is 0 Å². The summed E-state index contributed by atoms with van der Waals surface area (Å²) in [5, 5.41) is 8.06. The van der Waals surface area contributed by atoms with Gasteiger partial charge in [0.15, 0.2) is 0 Å². The van der Waals surface area contributed by atoms with Crippen molar-refractivity contribution in [1.29, 1.82) is 0 Å². The zero-order valence-corrected chi connectivity index (χ0v) is 10.4. The van der Waals surface area contributed by atoms with E-state index < -0.39 is 0 Å². The maximum atomic E-state index is 5.61. The van der Waals surface area contributed by atoms with E-state index >= 15 is 0 Å². The lowest BCUT2D eigenvalue weighted by Gasteiger charge is -1.93. The van der Waals surface area contributed by atoms with Gasteiger partial charge >= 0.3 is 0 Å². The Hall–Kier alpha value is -1.62. The van der Waals surface area contributed by atoms with E-state index in [0.29, 0.717) is 18.3 Å². The van der Waals surface area contributed by atoms with Gasteiger partial charge in [-0.25, -0.2) is 0 Å². The summed E-state index contributed by atoms with van der Waals surface area (Å²) in [4.78, 5) is 0. The molecule has 0 saturated carbocycles. The van der Waals surface area contributed by atoms with Crippen molar-refractivity contribution in [2.24, 2.45) is 5.73 Å². The van der Waals surface area contributed by atoms with Gasteiger partial charge in [-0.1, -0.05) is 0 Å². The molecule has 0 radical (unpaired) electrons. The standard InChI is InChI=1S/C12H17N3O2/c1-7-8(2)16-9(3)11(7)12-15-14-10(17-12)5-4-6-13/h4-6,13H2,1-3H3. The number of hydrogen-bond donors (Lipinski definition) is 1. The third-order valence-corrected chi connectivity index (χ3v) is 2.84. The molecule has 2 heterocycles. The second-order valence-electron chi connectivity index (χ2n) is 4.11. The summed E-state index contributed by atoms with van der Waals surface area (Å²) in [5.41, 5.74) is 7.40. The molecule has 0 saturated heterocycles. The number of furan rings is 1. The molecule has 0 aliphatic heterocycles. The Balaban J connectivity index is 2.30. The first-order valence-corrected chi connectivity index (χ1v) is 5.73. The summed E-state index contributed by atoms with van der Waals surface area (Å²) in [5.74, 6) is 2.86. The van der Waals surface area contributed by atoms with Gasteiger partial charge in [0.1, 0.15) is 11.5 Å². The number of nitrogens with zero attached hydrogens (tertiary/aromatic N) is 2. The molecule has 5 heteroatoms. The maximum absolute atomic E-state index is 5.61. The van der Waals surface area contributed by atoms with Crippen LogP contribution >= 0.6 is 0 Å². The molecule has 2 rings (SSSR count). The van der Waals surface area contributed by atoms with Gasteiger partial charge in [0, 0.05) is 12.0 Å². The summed E-state index contributed by atoms with van der Waals surface area (Å²) in [6.45, 7) is 6.45. The van der Waals surface area contributed by atoms with Gasteiger partial charge in [-0.2, -0.15) is 0 Å². The molecule has 2 aromatic heterocycles. The monoisotopic (exact) mass is 235 g/mol. The van der Waals surface area contributed by atoms with Crippen LogP contribution in [0.3, 0.4) is 0 Å². The third-order valence-electron chi connectivity index (χ3n) is 2.84. The van der Waals surface area contributed by atoms with Crippen molar-refractivity contribution in [3.05, 3.63) is 23.0 Å². The fourth-order valence-corrected chi connectivity index (χ4v) is 1.82. The van der Waals surface area contributed by atoms with Gasteiger partial charge in [0.05, 0.1) is 5.56 Å². The molecule has 92 valence electrons. The maximum Gasteiger partial charge on any atom is 0.251 e. The van der Waals surface area contributed by atoms with Crippen molar-refractivity contribution in [2.75, 3.05) is 6.54 Å². The van der Waals surface area contributed by atoms with E-state index in [9.17, 15) is 0 Å². The van der Waals surface area contributed by atoms with Gasteiger partial charge in [-0.3, -0.25) is 0 Å². The van der Waals surface area contributed by atoms with Crippen LogP contribution in [-0.4, -0.2) is 16.7 Å². The number of rotatable bonds is 4. The van der Waals surface area contributed by atoms with Crippen LogP contribution in [0.5, 0.6) is 0 Å². The summed E-state index contributed by atoms with van der Waals surface area (Å²) in [7, 11) is 0. The van der Waals surface area contributed by atoms with Crippen molar-refractivity contribution in [3.8, 4) is 11.5 Å². The molecule has 0 aromatic carbocycles. The average Bonchev–Trinajstić information content (AvgIpc) is 2.83. The summed E-state index contributed by atoms with van der Waals surface area (Å²) < 4.78 is 11.2. The lowest BCUT2D eigenvalue weighted by Crippen LogP contribution is -2.00. The summed E-state index contributed by atoms with van der Waals surface area (Å²) >= 11 is 0. The van der Waals surface area contributed by atoms with E-state index in [4.69, 9.17) is 14.6 Å². The highest BCUT2D eigenvalue weighted by molar-refractivity contribution is 5.61. The Morgan fingerprint density at radius 1 is 1.06 bits per heavy atom. The smallest absolute Gasteiger partial charge is 0.251 e. The van der Waals surface area contributed by atoms with Crippen molar-refractivity contribution < 1.29 is 8.83 Å². The molecular formula is C12H17N3O2. The second-order valence-corrected chi connectivity index (χ2v) is 4.11. The van der Waals surface area contributed by atoms with Crippen molar-refractivity contribution >= 4 is 0 Å². The SMILES string of the molecule is Cc1oc(C)c(-c2nnc(CCCN)o2)c1C. The Morgan fingerprint density at radius 3 is 2.41 bits per heavy atom. The highest BCUT2D eigenvalue weighted by Gasteiger charge is 2.18. The normalized spacial score (nSPS) is 11.1. The van der Waals surface area contributed by atoms with Crippen LogP contribution in [0.4, 0.5) is 0 Å². The molecular weight excluding hydrogens is 218 g/mol.